The minimum Gasteiger partial charge on any atom is -0.508 e. The minimum absolute atomic E-state index is 0.000315. The van der Waals surface area contributed by atoms with E-state index in [1.165, 1.54) is 125 Å². The van der Waals surface area contributed by atoms with E-state index in [2.05, 4.69) is 21.7 Å². The number of carbonyl (C=O) groups excluding carboxylic acids is 2. The molecule has 4 N–H and O–H groups in total. The van der Waals surface area contributed by atoms with E-state index in [4.69, 9.17) is 16.3 Å². The van der Waals surface area contributed by atoms with Gasteiger partial charge in [-0.3, -0.25) is 19.0 Å². The molecule has 0 aliphatic heterocycles. The number of hydrogen-bond acceptors (Lipinski definition) is 8. The Morgan fingerprint density at radius 2 is 1.18 bits per heavy atom. The summed E-state index contributed by atoms with van der Waals surface area (Å²) < 4.78 is 62.0. The molecule has 11 nitrogen and oxygen atoms in total. The molecular formula is C41H58ClN3O8S2. The summed E-state index contributed by atoms with van der Waals surface area (Å²) in [6.07, 6.45) is 16.4. The van der Waals surface area contributed by atoms with Gasteiger partial charge in [-0.15, -0.1) is 0 Å². The van der Waals surface area contributed by atoms with Gasteiger partial charge in [0.2, 0.25) is 15.8 Å². The zero-order valence-electron chi connectivity index (χ0n) is 32.5. The molecule has 0 fully saturated rings. The minimum atomic E-state index is -3.98. The summed E-state index contributed by atoms with van der Waals surface area (Å²) in [4.78, 5) is 27.2. The highest BCUT2D eigenvalue weighted by Crippen LogP contribution is 2.34. The van der Waals surface area contributed by atoms with Gasteiger partial charge in [-0.1, -0.05) is 129 Å². The third-order valence-corrected chi connectivity index (χ3v) is 12.1. The predicted octanol–water partition coefficient (Wildman–Crippen LogP) is 9.98. The Morgan fingerprint density at radius 3 is 1.71 bits per heavy atom. The second kappa shape index (κ2) is 21.5. The highest BCUT2D eigenvalue weighted by Gasteiger charge is 2.51. The molecule has 3 rings (SSSR count). The predicted molar refractivity (Wildman–Crippen MR) is 222 cm³/mol. The van der Waals surface area contributed by atoms with Crippen molar-refractivity contribution in [1.82, 2.24) is 0 Å². The van der Waals surface area contributed by atoms with Gasteiger partial charge in [-0.2, -0.15) is 0 Å². The summed E-state index contributed by atoms with van der Waals surface area (Å²) >= 11 is 6.72. The van der Waals surface area contributed by atoms with Gasteiger partial charge >= 0.3 is 5.06 Å². The third-order valence-electron chi connectivity index (χ3n) is 8.94. The highest BCUT2D eigenvalue weighted by atomic mass is 35.5. The lowest BCUT2D eigenvalue weighted by Gasteiger charge is -2.31. The molecule has 3 aromatic rings. The number of unbranched alkanes of at least 4 members (excludes halogenated alkanes) is 13. The van der Waals surface area contributed by atoms with Crippen LogP contribution in [0, 0.1) is 5.41 Å². The molecule has 0 saturated carbocycles. The molecule has 0 aromatic heterocycles. The van der Waals surface area contributed by atoms with E-state index in [1.54, 1.807) is 32.9 Å². The van der Waals surface area contributed by atoms with Crippen molar-refractivity contribution in [3.8, 4) is 11.5 Å². The fourth-order valence-electron chi connectivity index (χ4n) is 5.86. The molecule has 1 atom stereocenters. The van der Waals surface area contributed by atoms with Crippen LogP contribution in [0.25, 0.3) is 0 Å². The number of rotatable bonds is 25. The maximum atomic E-state index is 13.7. The number of hydrogen-bond donors (Lipinski definition) is 4. The molecule has 55 heavy (non-hydrogen) atoms. The van der Waals surface area contributed by atoms with Gasteiger partial charge in [0.15, 0.2) is 0 Å². The molecule has 304 valence electrons. The normalized spacial score (nSPS) is 13.1. The number of phenols is 1. The maximum Gasteiger partial charge on any atom is 0.320 e. The first-order valence-corrected chi connectivity index (χ1v) is 22.7. The number of alkyl halides is 1. The molecule has 0 saturated heterocycles. The number of Topliss-reactive ketones (excluding diaryl/α,β-unsaturated/α-hetero) is 1. The number of ether oxygens (including phenoxy) is 1. The van der Waals surface area contributed by atoms with Gasteiger partial charge in [-0.25, -0.2) is 16.8 Å². The smallest absolute Gasteiger partial charge is 0.320 e. The van der Waals surface area contributed by atoms with E-state index in [0.29, 0.717) is 6.42 Å². The van der Waals surface area contributed by atoms with Crippen LogP contribution < -0.4 is 19.5 Å². The summed E-state index contributed by atoms with van der Waals surface area (Å²) in [5.74, 6) is -1.87. The van der Waals surface area contributed by atoms with E-state index >= 15 is 0 Å². The van der Waals surface area contributed by atoms with Gasteiger partial charge in [0.1, 0.15) is 11.5 Å². The number of benzene rings is 3. The van der Waals surface area contributed by atoms with E-state index < -0.39 is 42.2 Å². The molecule has 1 unspecified atom stereocenters. The van der Waals surface area contributed by atoms with E-state index in [9.17, 15) is 31.5 Å². The van der Waals surface area contributed by atoms with Gasteiger partial charge in [0.05, 0.1) is 16.3 Å². The van der Waals surface area contributed by atoms with Crippen molar-refractivity contribution in [2.45, 2.75) is 128 Å². The molecule has 0 heterocycles. The van der Waals surface area contributed by atoms with Crippen LogP contribution in [0.15, 0.2) is 77.7 Å². The monoisotopic (exact) mass is 819 g/mol. The number of ketones is 1. The van der Waals surface area contributed by atoms with Crippen LogP contribution in [0.1, 0.15) is 118 Å². The lowest BCUT2D eigenvalue weighted by Crippen LogP contribution is -2.54. The molecule has 0 aliphatic carbocycles. The van der Waals surface area contributed by atoms with Crippen LogP contribution in [0.4, 0.5) is 17.1 Å². The second-order valence-electron chi connectivity index (χ2n) is 15.0. The Balaban J connectivity index is 1.54. The first-order chi connectivity index (χ1) is 25.9. The Labute approximate surface area is 333 Å². The first-order valence-electron chi connectivity index (χ1n) is 19.2. The number of phenolic OH excluding ortho intramolecular Hbond substituents is 1. The molecule has 0 radical (unpaired) electrons. The van der Waals surface area contributed by atoms with Crippen LogP contribution in [0.3, 0.4) is 0 Å². The molecule has 0 spiro atoms. The van der Waals surface area contributed by atoms with Crippen LogP contribution in [0.2, 0.25) is 0 Å². The molecule has 14 heteroatoms. The van der Waals surface area contributed by atoms with Crippen LogP contribution >= 0.6 is 11.6 Å². The van der Waals surface area contributed by atoms with Gasteiger partial charge in [0, 0.05) is 16.8 Å². The number of amides is 1. The second-order valence-corrected chi connectivity index (χ2v) is 19.0. The molecule has 1 amide bonds. The summed E-state index contributed by atoms with van der Waals surface area (Å²) in [5.41, 5.74) is -0.549. The zero-order valence-corrected chi connectivity index (χ0v) is 34.9. The van der Waals surface area contributed by atoms with Crippen molar-refractivity contribution in [3.05, 3.63) is 72.8 Å². The number of sulfonamides is 2. The van der Waals surface area contributed by atoms with Gasteiger partial charge < -0.3 is 15.2 Å². The number of halogens is 1. The number of nitrogens with one attached hydrogen (secondary N) is 3. The summed E-state index contributed by atoms with van der Waals surface area (Å²) in [6, 6.07) is 16.5. The largest absolute Gasteiger partial charge is 0.508 e. The van der Waals surface area contributed by atoms with Crippen LogP contribution in [0.5, 0.6) is 11.5 Å². The molecular weight excluding hydrogens is 762 g/mol. The van der Waals surface area contributed by atoms with Crippen molar-refractivity contribution in [2.75, 3.05) is 20.5 Å². The number of carbonyl (C=O) groups is 2. The van der Waals surface area contributed by atoms with E-state index in [1.807, 2.05) is 0 Å². The lowest BCUT2D eigenvalue weighted by atomic mass is 9.86. The topological polar surface area (TPSA) is 168 Å². The zero-order chi connectivity index (χ0) is 40.5. The average Bonchev–Trinajstić information content (AvgIpc) is 3.11. The first kappa shape index (κ1) is 45.6. The van der Waals surface area contributed by atoms with Crippen LogP contribution in [-0.4, -0.2) is 44.4 Å². The van der Waals surface area contributed by atoms with Crippen molar-refractivity contribution in [3.63, 3.8) is 0 Å². The fourth-order valence-corrected chi connectivity index (χ4v) is 8.51. The Morgan fingerprint density at radius 1 is 0.673 bits per heavy atom. The quantitative estimate of drug-likeness (QED) is 0.0372. The van der Waals surface area contributed by atoms with Crippen molar-refractivity contribution >= 4 is 60.4 Å². The number of aromatic hydroxyl groups is 1. The Kier molecular flexibility index (Phi) is 17.8. The van der Waals surface area contributed by atoms with E-state index in [-0.39, 0.29) is 39.2 Å². The van der Waals surface area contributed by atoms with Crippen LogP contribution in [-0.2, 0) is 29.6 Å². The third kappa shape index (κ3) is 15.7. The van der Waals surface area contributed by atoms with Crippen molar-refractivity contribution in [1.29, 1.82) is 0 Å². The van der Waals surface area contributed by atoms with Gasteiger partial charge in [-0.05, 0) is 73.2 Å². The lowest BCUT2D eigenvalue weighted by molar-refractivity contribution is -0.144. The molecule has 0 aliphatic rings. The SMILES string of the molecule is CCCCCCCCCCCCCCCCS(=O)(=O)Nc1cccc(NC(=O)C(Cl)(Oc2ccc(NS(=O)(=O)c3ccc(O)cc3)cc2)C(=O)C(C)(C)C)c1. The van der Waals surface area contributed by atoms with Gasteiger partial charge in [0.25, 0.3) is 15.9 Å². The highest BCUT2D eigenvalue weighted by molar-refractivity contribution is 7.93. The fraction of sp³-hybridized carbons (Fsp3) is 0.512. The maximum absolute atomic E-state index is 13.7. The summed E-state index contributed by atoms with van der Waals surface area (Å²) in [7, 11) is -7.63. The van der Waals surface area contributed by atoms with Crippen molar-refractivity contribution in [2.24, 2.45) is 5.41 Å². The average molecular weight is 821 g/mol. The summed E-state index contributed by atoms with van der Waals surface area (Å²) in [5, 5.41) is 9.51. The van der Waals surface area contributed by atoms with E-state index in [0.717, 1.165) is 19.3 Å². The Hall–Kier alpha value is -3.81. The molecule has 0 bridgehead atoms. The Bertz CT molecular complexity index is 1880. The molecule has 3 aromatic carbocycles. The number of anilines is 3. The standard InChI is InChI=1S/C41H58ClN3O8S2/c1-5-6-7-8-9-10-11-12-13-14-15-16-17-18-30-54(49,50)44-34-21-19-20-33(31-34)43-39(48)41(42,38(47)40(2,3)4)53-36-26-22-32(23-27-36)45-55(51,52)37-28-24-35(46)25-29-37/h19-29,31,44-46H,5-18,30H2,1-4H3,(H,43,48). The van der Waals surface area contributed by atoms with Crippen molar-refractivity contribution < 1.29 is 36.3 Å². The summed E-state index contributed by atoms with van der Waals surface area (Å²) in [6.45, 7) is 6.98.